The minimum absolute atomic E-state index is 0.0985. The molecule has 0 bridgehead atoms. The first kappa shape index (κ1) is 14.3. The molecular formula is C13H12FN3O2S. The van der Waals surface area contributed by atoms with Crippen LogP contribution in [0.3, 0.4) is 0 Å². The van der Waals surface area contributed by atoms with E-state index >= 15 is 0 Å². The lowest BCUT2D eigenvalue weighted by molar-refractivity contribution is -0.133. The Morgan fingerprint density at radius 2 is 2.10 bits per heavy atom. The van der Waals surface area contributed by atoms with Crippen LogP contribution < -0.4 is 0 Å². The summed E-state index contributed by atoms with van der Waals surface area (Å²) in [5.74, 6) is -0.799. The number of aliphatic carboxylic acids is 1. The molecule has 7 heteroatoms. The minimum atomic E-state index is -0.925. The predicted octanol–water partition coefficient (Wildman–Crippen LogP) is 2.45. The van der Waals surface area contributed by atoms with Gasteiger partial charge in [0.1, 0.15) is 5.82 Å². The van der Waals surface area contributed by atoms with Gasteiger partial charge in [-0.05, 0) is 24.3 Å². The van der Waals surface area contributed by atoms with Crippen LogP contribution in [0.5, 0.6) is 0 Å². The largest absolute Gasteiger partial charge is 0.481 e. The van der Waals surface area contributed by atoms with Gasteiger partial charge in [0.15, 0.2) is 11.0 Å². The van der Waals surface area contributed by atoms with Crippen LogP contribution in [0.25, 0.3) is 11.4 Å². The highest BCUT2D eigenvalue weighted by atomic mass is 32.2. The number of carboxylic acid groups (broad SMARTS) is 1. The fourth-order valence-electron chi connectivity index (χ4n) is 1.63. The molecule has 0 spiro atoms. The summed E-state index contributed by atoms with van der Waals surface area (Å²) in [4.78, 5) is 10.6. The van der Waals surface area contributed by atoms with E-state index in [1.165, 1.54) is 12.1 Å². The Hall–Kier alpha value is -2.15. The normalized spacial score (nSPS) is 10.4. The van der Waals surface area contributed by atoms with Crippen LogP contribution in [0.2, 0.25) is 0 Å². The molecule has 0 aliphatic rings. The van der Waals surface area contributed by atoms with Gasteiger partial charge in [-0.1, -0.05) is 17.8 Å². The molecule has 0 unspecified atom stereocenters. The number of nitrogens with zero attached hydrogens (tertiary/aromatic N) is 3. The predicted molar refractivity (Wildman–Crippen MR) is 74.0 cm³/mol. The number of allylic oxidation sites excluding steroid dienone is 1. The Labute approximate surface area is 119 Å². The van der Waals surface area contributed by atoms with Crippen LogP contribution in [0.1, 0.15) is 0 Å². The number of carbonyl (C=O) groups is 1. The van der Waals surface area contributed by atoms with Crippen LogP contribution in [-0.2, 0) is 11.3 Å². The summed E-state index contributed by atoms with van der Waals surface area (Å²) >= 11 is 1.08. The first-order valence-corrected chi connectivity index (χ1v) is 6.75. The molecule has 2 aromatic rings. The Morgan fingerprint density at radius 1 is 1.40 bits per heavy atom. The summed E-state index contributed by atoms with van der Waals surface area (Å²) in [6.07, 6.45) is 1.67. The van der Waals surface area contributed by atoms with E-state index < -0.39 is 5.97 Å². The van der Waals surface area contributed by atoms with Crippen molar-refractivity contribution in [1.82, 2.24) is 14.8 Å². The highest BCUT2D eigenvalue weighted by Gasteiger charge is 2.14. The van der Waals surface area contributed by atoms with Gasteiger partial charge in [-0.3, -0.25) is 9.36 Å². The van der Waals surface area contributed by atoms with E-state index in [0.29, 0.717) is 23.1 Å². The van der Waals surface area contributed by atoms with Gasteiger partial charge in [0.25, 0.3) is 0 Å². The SMILES string of the molecule is C=CCn1c(SCC(=O)O)nnc1-c1ccc(F)cc1. The summed E-state index contributed by atoms with van der Waals surface area (Å²) in [7, 11) is 0. The van der Waals surface area contributed by atoms with Crippen LogP contribution in [0, 0.1) is 5.82 Å². The lowest BCUT2D eigenvalue weighted by Gasteiger charge is -2.06. The van der Waals surface area contributed by atoms with Gasteiger partial charge in [-0.2, -0.15) is 0 Å². The number of hydrogen-bond donors (Lipinski definition) is 1. The fourth-order valence-corrected chi connectivity index (χ4v) is 2.30. The third kappa shape index (κ3) is 3.24. The van der Waals surface area contributed by atoms with Gasteiger partial charge in [-0.25, -0.2) is 4.39 Å². The molecule has 1 N–H and O–H groups in total. The molecule has 5 nitrogen and oxygen atoms in total. The van der Waals surface area contributed by atoms with Gasteiger partial charge in [0, 0.05) is 12.1 Å². The van der Waals surface area contributed by atoms with Crippen molar-refractivity contribution in [3.63, 3.8) is 0 Å². The molecule has 0 radical (unpaired) electrons. The van der Waals surface area contributed by atoms with E-state index in [2.05, 4.69) is 16.8 Å². The van der Waals surface area contributed by atoms with Gasteiger partial charge >= 0.3 is 5.97 Å². The molecule has 0 saturated carbocycles. The molecule has 0 fully saturated rings. The van der Waals surface area contributed by atoms with E-state index in [0.717, 1.165) is 11.8 Å². The smallest absolute Gasteiger partial charge is 0.313 e. The fraction of sp³-hybridized carbons (Fsp3) is 0.154. The number of rotatable bonds is 6. The monoisotopic (exact) mass is 293 g/mol. The summed E-state index contributed by atoms with van der Waals surface area (Å²) in [6, 6.07) is 5.88. The zero-order valence-corrected chi connectivity index (χ0v) is 11.3. The van der Waals surface area contributed by atoms with Crippen LogP contribution in [0.15, 0.2) is 42.1 Å². The highest BCUT2D eigenvalue weighted by Crippen LogP contribution is 2.24. The lowest BCUT2D eigenvalue weighted by atomic mass is 10.2. The number of thioether (sulfide) groups is 1. The third-order valence-corrected chi connectivity index (χ3v) is 3.41. The van der Waals surface area contributed by atoms with Crippen molar-refractivity contribution in [2.75, 3.05) is 5.75 Å². The molecule has 1 aromatic carbocycles. The second-order valence-electron chi connectivity index (χ2n) is 3.89. The van der Waals surface area contributed by atoms with Crippen molar-refractivity contribution in [3.05, 3.63) is 42.7 Å². The Kier molecular flexibility index (Phi) is 4.52. The summed E-state index contributed by atoms with van der Waals surface area (Å²) in [6.45, 7) is 4.10. The topological polar surface area (TPSA) is 68.0 Å². The van der Waals surface area contributed by atoms with Crippen LogP contribution in [0.4, 0.5) is 4.39 Å². The van der Waals surface area contributed by atoms with E-state index in [9.17, 15) is 9.18 Å². The van der Waals surface area contributed by atoms with E-state index in [1.807, 2.05) is 0 Å². The van der Waals surface area contributed by atoms with Gasteiger partial charge < -0.3 is 5.11 Å². The Morgan fingerprint density at radius 3 is 2.70 bits per heavy atom. The first-order valence-electron chi connectivity index (χ1n) is 5.76. The van der Waals surface area contributed by atoms with Crippen molar-refractivity contribution < 1.29 is 14.3 Å². The first-order chi connectivity index (χ1) is 9.61. The Bertz CT molecular complexity index is 625. The quantitative estimate of drug-likeness (QED) is 0.654. The van der Waals surface area contributed by atoms with Crippen LogP contribution >= 0.6 is 11.8 Å². The van der Waals surface area contributed by atoms with E-state index in [-0.39, 0.29) is 11.6 Å². The summed E-state index contributed by atoms with van der Waals surface area (Å²) in [5, 5.41) is 17.2. The molecule has 104 valence electrons. The third-order valence-electron chi connectivity index (χ3n) is 2.46. The van der Waals surface area contributed by atoms with Gasteiger partial charge in [-0.15, -0.1) is 16.8 Å². The number of halogens is 1. The van der Waals surface area contributed by atoms with Crippen molar-refractivity contribution in [2.45, 2.75) is 11.7 Å². The zero-order valence-electron chi connectivity index (χ0n) is 10.5. The molecule has 0 aliphatic heterocycles. The molecular weight excluding hydrogens is 281 g/mol. The van der Waals surface area contributed by atoms with Crippen molar-refractivity contribution >= 4 is 17.7 Å². The average molecular weight is 293 g/mol. The second kappa shape index (κ2) is 6.33. The Balaban J connectivity index is 2.35. The average Bonchev–Trinajstić information content (AvgIpc) is 2.81. The molecule has 0 aliphatic carbocycles. The second-order valence-corrected chi connectivity index (χ2v) is 4.84. The van der Waals surface area contributed by atoms with Crippen molar-refractivity contribution in [3.8, 4) is 11.4 Å². The van der Waals surface area contributed by atoms with Crippen molar-refractivity contribution in [2.24, 2.45) is 0 Å². The highest BCUT2D eigenvalue weighted by molar-refractivity contribution is 7.99. The van der Waals surface area contributed by atoms with Crippen LogP contribution in [-0.4, -0.2) is 31.6 Å². The van der Waals surface area contributed by atoms with Gasteiger partial charge in [0.2, 0.25) is 0 Å². The lowest BCUT2D eigenvalue weighted by Crippen LogP contribution is -2.03. The molecule has 1 heterocycles. The molecule has 2 rings (SSSR count). The van der Waals surface area contributed by atoms with Crippen molar-refractivity contribution in [1.29, 1.82) is 0 Å². The molecule has 0 amide bonds. The maximum absolute atomic E-state index is 12.9. The number of carboxylic acids is 1. The standard InChI is InChI=1S/C13H12FN3O2S/c1-2-7-17-12(9-3-5-10(14)6-4-9)15-16-13(17)20-8-11(18)19/h2-6H,1,7-8H2,(H,18,19). The summed E-state index contributed by atoms with van der Waals surface area (Å²) < 4.78 is 14.7. The zero-order chi connectivity index (χ0) is 14.5. The number of hydrogen-bond acceptors (Lipinski definition) is 4. The van der Waals surface area contributed by atoms with E-state index in [4.69, 9.17) is 5.11 Å². The number of benzene rings is 1. The molecule has 0 atom stereocenters. The molecule has 1 aromatic heterocycles. The summed E-state index contributed by atoms with van der Waals surface area (Å²) in [5.41, 5.74) is 0.711. The van der Waals surface area contributed by atoms with Gasteiger partial charge in [0.05, 0.1) is 5.75 Å². The molecule has 0 saturated heterocycles. The minimum Gasteiger partial charge on any atom is -0.481 e. The van der Waals surface area contributed by atoms with E-state index in [1.54, 1.807) is 22.8 Å². The maximum Gasteiger partial charge on any atom is 0.313 e. The maximum atomic E-state index is 12.9. The number of aromatic nitrogens is 3. The molecule has 20 heavy (non-hydrogen) atoms.